The van der Waals surface area contributed by atoms with Crippen LogP contribution in [0.4, 0.5) is 5.82 Å². The SMILES string of the molecule is Cc1nnc2ccc(N3CC(CNC(C)c4ccncc4)C3)nn12. The highest BCUT2D eigenvalue weighted by molar-refractivity contribution is 5.47. The van der Waals surface area contributed by atoms with Crippen molar-refractivity contribution < 1.29 is 0 Å². The Kier molecular flexibility index (Phi) is 3.86. The minimum Gasteiger partial charge on any atom is -0.354 e. The van der Waals surface area contributed by atoms with Gasteiger partial charge >= 0.3 is 0 Å². The number of anilines is 1. The Balaban J connectivity index is 1.32. The first-order valence-corrected chi connectivity index (χ1v) is 8.28. The Labute approximate surface area is 140 Å². The molecule has 7 heteroatoms. The first-order valence-electron chi connectivity index (χ1n) is 8.28. The average Bonchev–Trinajstić information content (AvgIpc) is 2.95. The van der Waals surface area contributed by atoms with Gasteiger partial charge in [-0.05, 0) is 43.7 Å². The van der Waals surface area contributed by atoms with Gasteiger partial charge in [0.15, 0.2) is 11.5 Å². The van der Waals surface area contributed by atoms with Gasteiger partial charge < -0.3 is 10.2 Å². The molecular formula is C17H21N7. The first-order chi connectivity index (χ1) is 11.7. The standard InChI is InChI=1S/C17H21N7/c1-12(15-5-7-18-8-6-15)19-9-14-10-23(11-14)17-4-3-16-21-20-13(2)24(16)22-17/h3-8,12,14,19H,9-11H2,1-2H3. The van der Waals surface area contributed by atoms with Crippen molar-refractivity contribution in [2.75, 3.05) is 24.5 Å². The van der Waals surface area contributed by atoms with Crippen molar-refractivity contribution in [2.45, 2.75) is 19.9 Å². The molecule has 1 N–H and O–H groups in total. The zero-order chi connectivity index (χ0) is 16.5. The number of fused-ring (bicyclic) bond motifs is 1. The molecule has 1 atom stereocenters. The topological polar surface area (TPSA) is 71.2 Å². The quantitative estimate of drug-likeness (QED) is 0.769. The van der Waals surface area contributed by atoms with Crippen LogP contribution >= 0.6 is 0 Å². The van der Waals surface area contributed by atoms with Gasteiger partial charge in [-0.3, -0.25) is 4.98 Å². The van der Waals surface area contributed by atoms with Crippen molar-refractivity contribution in [3.05, 3.63) is 48.0 Å². The summed E-state index contributed by atoms with van der Waals surface area (Å²) < 4.78 is 1.80. The largest absolute Gasteiger partial charge is 0.354 e. The molecule has 3 aromatic heterocycles. The van der Waals surface area contributed by atoms with Gasteiger partial charge in [0.25, 0.3) is 0 Å². The average molecular weight is 323 g/mol. The van der Waals surface area contributed by atoms with Crippen LogP contribution in [0.1, 0.15) is 24.4 Å². The Bertz CT molecular complexity index is 823. The van der Waals surface area contributed by atoms with E-state index in [1.54, 1.807) is 4.52 Å². The van der Waals surface area contributed by atoms with Gasteiger partial charge in [0.05, 0.1) is 0 Å². The molecule has 1 fully saturated rings. The number of rotatable bonds is 5. The fourth-order valence-corrected chi connectivity index (χ4v) is 3.05. The maximum atomic E-state index is 4.62. The fourth-order valence-electron chi connectivity index (χ4n) is 3.05. The molecule has 124 valence electrons. The van der Waals surface area contributed by atoms with Crippen LogP contribution in [0, 0.1) is 12.8 Å². The van der Waals surface area contributed by atoms with Crippen LogP contribution < -0.4 is 10.2 Å². The van der Waals surface area contributed by atoms with Gasteiger partial charge in [-0.1, -0.05) is 0 Å². The summed E-state index contributed by atoms with van der Waals surface area (Å²) in [7, 11) is 0. The summed E-state index contributed by atoms with van der Waals surface area (Å²) in [6, 6.07) is 8.46. The van der Waals surface area contributed by atoms with E-state index < -0.39 is 0 Å². The molecule has 0 spiro atoms. The van der Waals surface area contributed by atoms with Crippen LogP contribution in [0.3, 0.4) is 0 Å². The third-order valence-corrected chi connectivity index (χ3v) is 4.60. The van der Waals surface area contributed by atoms with E-state index >= 15 is 0 Å². The van der Waals surface area contributed by atoms with Gasteiger partial charge in [0.2, 0.25) is 0 Å². The summed E-state index contributed by atoms with van der Waals surface area (Å²) in [5.41, 5.74) is 2.07. The number of aryl methyl sites for hydroxylation is 1. The highest BCUT2D eigenvalue weighted by Gasteiger charge is 2.28. The zero-order valence-electron chi connectivity index (χ0n) is 13.9. The molecule has 3 aromatic rings. The van der Waals surface area contributed by atoms with E-state index in [4.69, 9.17) is 0 Å². The predicted molar refractivity (Wildman–Crippen MR) is 91.9 cm³/mol. The highest BCUT2D eigenvalue weighted by Crippen LogP contribution is 2.23. The molecule has 0 bridgehead atoms. The van der Waals surface area contributed by atoms with Gasteiger partial charge in [-0.15, -0.1) is 15.3 Å². The number of nitrogens with zero attached hydrogens (tertiary/aromatic N) is 6. The van der Waals surface area contributed by atoms with Gasteiger partial charge in [-0.2, -0.15) is 4.52 Å². The normalized spacial score (nSPS) is 16.3. The summed E-state index contributed by atoms with van der Waals surface area (Å²) in [6.45, 7) is 7.16. The van der Waals surface area contributed by atoms with E-state index in [2.05, 4.69) is 49.6 Å². The van der Waals surface area contributed by atoms with E-state index in [-0.39, 0.29) is 0 Å². The summed E-state index contributed by atoms with van der Waals surface area (Å²) in [5, 5.41) is 16.4. The van der Waals surface area contributed by atoms with Crippen molar-refractivity contribution in [1.82, 2.24) is 30.1 Å². The van der Waals surface area contributed by atoms with Crippen molar-refractivity contribution >= 4 is 11.5 Å². The maximum absolute atomic E-state index is 4.62. The van der Waals surface area contributed by atoms with E-state index in [1.807, 2.05) is 31.5 Å². The third-order valence-electron chi connectivity index (χ3n) is 4.60. The van der Waals surface area contributed by atoms with Gasteiger partial charge in [0, 0.05) is 44.0 Å². The monoisotopic (exact) mass is 323 g/mol. The molecule has 0 aromatic carbocycles. The van der Waals surface area contributed by atoms with Crippen LogP contribution in [0.2, 0.25) is 0 Å². The Morgan fingerprint density at radius 3 is 2.75 bits per heavy atom. The molecule has 1 unspecified atom stereocenters. The fraction of sp³-hybridized carbons (Fsp3) is 0.412. The molecule has 1 aliphatic heterocycles. The van der Waals surface area contributed by atoms with E-state index in [0.29, 0.717) is 12.0 Å². The minimum absolute atomic E-state index is 0.344. The molecule has 0 saturated carbocycles. The second kappa shape index (κ2) is 6.16. The third kappa shape index (κ3) is 2.82. The number of hydrogen-bond acceptors (Lipinski definition) is 6. The zero-order valence-corrected chi connectivity index (χ0v) is 13.9. The molecular weight excluding hydrogens is 302 g/mol. The van der Waals surface area contributed by atoms with Crippen molar-refractivity contribution in [2.24, 2.45) is 5.92 Å². The molecule has 1 saturated heterocycles. The Morgan fingerprint density at radius 2 is 1.96 bits per heavy atom. The lowest BCUT2D eigenvalue weighted by Gasteiger charge is -2.40. The van der Waals surface area contributed by atoms with Gasteiger partial charge in [0.1, 0.15) is 5.82 Å². The summed E-state index contributed by atoms with van der Waals surface area (Å²) in [5.74, 6) is 2.45. The van der Waals surface area contributed by atoms with Crippen LogP contribution in [-0.4, -0.2) is 44.4 Å². The predicted octanol–water partition coefficient (Wildman–Crippen LogP) is 1.61. The second-order valence-electron chi connectivity index (χ2n) is 6.39. The first kappa shape index (κ1) is 15.0. The molecule has 0 radical (unpaired) electrons. The lowest BCUT2D eigenvalue weighted by molar-refractivity contribution is 0.366. The Morgan fingerprint density at radius 1 is 1.17 bits per heavy atom. The second-order valence-corrected chi connectivity index (χ2v) is 6.39. The van der Waals surface area contributed by atoms with Gasteiger partial charge in [-0.25, -0.2) is 0 Å². The molecule has 24 heavy (non-hydrogen) atoms. The smallest absolute Gasteiger partial charge is 0.178 e. The van der Waals surface area contributed by atoms with Crippen molar-refractivity contribution in [3.63, 3.8) is 0 Å². The van der Waals surface area contributed by atoms with Crippen LogP contribution in [0.15, 0.2) is 36.7 Å². The minimum atomic E-state index is 0.344. The van der Waals surface area contributed by atoms with E-state index in [0.717, 1.165) is 36.9 Å². The lowest BCUT2D eigenvalue weighted by Crippen LogP contribution is -2.51. The van der Waals surface area contributed by atoms with Crippen LogP contribution in [0.5, 0.6) is 0 Å². The highest BCUT2D eigenvalue weighted by atomic mass is 15.4. The number of nitrogens with one attached hydrogen (secondary N) is 1. The number of hydrogen-bond donors (Lipinski definition) is 1. The number of pyridine rings is 1. The molecule has 0 aliphatic carbocycles. The molecule has 7 nitrogen and oxygen atoms in total. The van der Waals surface area contributed by atoms with E-state index in [9.17, 15) is 0 Å². The van der Waals surface area contributed by atoms with Crippen LogP contribution in [-0.2, 0) is 0 Å². The lowest BCUT2D eigenvalue weighted by atomic mass is 9.99. The molecule has 0 amide bonds. The Hall–Kier alpha value is -2.54. The summed E-state index contributed by atoms with van der Waals surface area (Å²) in [6.07, 6.45) is 3.68. The molecule has 4 heterocycles. The molecule has 1 aliphatic rings. The van der Waals surface area contributed by atoms with E-state index in [1.165, 1.54) is 5.56 Å². The molecule has 4 rings (SSSR count). The number of aromatic nitrogens is 5. The van der Waals surface area contributed by atoms with Crippen molar-refractivity contribution in [1.29, 1.82) is 0 Å². The summed E-state index contributed by atoms with van der Waals surface area (Å²) in [4.78, 5) is 6.36. The summed E-state index contributed by atoms with van der Waals surface area (Å²) >= 11 is 0. The van der Waals surface area contributed by atoms with Crippen molar-refractivity contribution in [3.8, 4) is 0 Å². The van der Waals surface area contributed by atoms with Crippen LogP contribution in [0.25, 0.3) is 5.65 Å². The maximum Gasteiger partial charge on any atom is 0.178 e.